The van der Waals surface area contributed by atoms with E-state index in [0.29, 0.717) is 11.2 Å². The monoisotopic (exact) mass is 308 g/mol. The molecule has 22 heavy (non-hydrogen) atoms. The molecule has 1 aliphatic heterocycles. The quantitative estimate of drug-likeness (QED) is 0.733. The molecule has 8 heteroatoms. The summed E-state index contributed by atoms with van der Waals surface area (Å²) in [7, 11) is 0. The van der Waals surface area contributed by atoms with Gasteiger partial charge >= 0.3 is 5.97 Å². The number of rotatable bonds is 6. The Hall–Kier alpha value is -2.77. The minimum Gasteiger partial charge on any atom is -0.492 e. The van der Waals surface area contributed by atoms with Crippen LogP contribution in [0.15, 0.2) is 24.3 Å². The summed E-state index contributed by atoms with van der Waals surface area (Å²) < 4.78 is 0.594. The fourth-order valence-corrected chi connectivity index (χ4v) is 2.21. The Labute approximate surface area is 126 Å². The molecule has 1 aliphatic rings. The topological polar surface area (TPSA) is 109 Å². The molecule has 2 rings (SSSR count). The van der Waals surface area contributed by atoms with Crippen molar-refractivity contribution in [2.24, 2.45) is 0 Å². The fraction of sp³-hybridized carbons (Fsp3) is 0.357. The normalized spacial score (nSPS) is 15.4. The van der Waals surface area contributed by atoms with Gasteiger partial charge in [0.05, 0.1) is 0 Å². The lowest BCUT2D eigenvalue weighted by Crippen LogP contribution is -2.40. The van der Waals surface area contributed by atoms with Crippen LogP contribution in [0.4, 0.5) is 0 Å². The first kappa shape index (κ1) is 15.6. The number of amides is 2. The molecule has 0 fully saturated rings. The summed E-state index contributed by atoms with van der Waals surface area (Å²) in [6.45, 7) is 1.80. The third-order valence-corrected chi connectivity index (χ3v) is 3.35. The SMILES string of the molecule is CCC(CCC(=O)On1c(O)ccc1O)N1C(=O)C=CC1=O. The zero-order valence-electron chi connectivity index (χ0n) is 11.9. The number of aromatic nitrogens is 1. The van der Waals surface area contributed by atoms with E-state index in [4.69, 9.17) is 4.84 Å². The zero-order chi connectivity index (χ0) is 16.3. The van der Waals surface area contributed by atoms with Gasteiger partial charge in [0.15, 0.2) is 0 Å². The summed E-state index contributed by atoms with van der Waals surface area (Å²) in [5.41, 5.74) is 0. The Bertz CT molecular complexity index is 596. The van der Waals surface area contributed by atoms with Gasteiger partial charge in [-0.25, -0.2) is 4.79 Å². The highest BCUT2D eigenvalue weighted by atomic mass is 16.7. The average Bonchev–Trinajstić information content (AvgIpc) is 2.97. The summed E-state index contributed by atoms with van der Waals surface area (Å²) >= 11 is 0. The molecular formula is C14H16N2O6. The Morgan fingerprint density at radius 3 is 2.23 bits per heavy atom. The Morgan fingerprint density at radius 2 is 1.73 bits per heavy atom. The Morgan fingerprint density at radius 1 is 1.18 bits per heavy atom. The molecule has 1 atom stereocenters. The first-order valence-electron chi connectivity index (χ1n) is 6.80. The van der Waals surface area contributed by atoms with Crippen molar-refractivity contribution >= 4 is 17.8 Å². The molecule has 0 saturated heterocycles. The first-order valence-corrected chi connectivity index (χ1v) is 6.80. The number of hydrogen-bond acceptors (Lipinski definition) is 6. The van der Waals surface area contributed by atoms with Gasteiger partial charge in [0, 0.05) is 36.7 Å². The molecule has 118 valence electrons. The average molecular weight is 308 g/mol. The highest BCUT2D eigenvalue weighted by Gasteiger charge is 2.30. The smallest absolute Gasteiger partial charge is 0.333 e. The van der Waals surface area contributed by atoms with Gasteiger partial charge in [0.2, 0.25) is 11.8 Å². The second-order valence-corrected chi connectivity index (χ2v) is 4.79. The molecule has 2 heterocycles. The van der Waals surface area contributed by atoms with E-state index in [0.717, 1.165) is 4.90 Å². The van der Waals surface area contributed by atoms with Crippen molar-refractivity contribution in [3.63, 3.8) is 0 Å². The molecule has 1 aromatic rings. The van der Waals surface area contributed by atoms with Gasteiger partial charge in [-0.1, -0.05) is 6.92 Å². The highest BCUT2D eigenvalue weighted by molar-refractivity contribution is 6.13. The number of imide groups is 1. The summed E-state index contributed by atoms with van der Waals surface area (Å²) in [6.07, 6.45) is 3.05. The van der Waals surface area contributed by atoms with Gasteiger partial charge in [0.1, 0.15) is 0 Å². The van der Waals surface area contributed by atoms with Crippen molar-refractivity contribution in [1.29, 1.82) is 0 Å². The van der Waals surface area contributed by atoms with Crippen LogP contribution in [0.25, 0.3) is 0 Å². The maximum absolute atomic E-state index is 11.7. The van der Waals surface area contributed by atoms with Crippen LogP contribution in [0.3, 0.4) is 0 Å². The van der Waals surface area contributed by atoms with E-state index < -0.39 is 35.6 Å². The van der Waals surface area contributed by atoms with Crippen LogP contribution in [-0.2, 0) is 14.4 Å². The van der Waals surface area contributed by atoms with Crippen LogP contribution in [0, 0.1) is 0 Å². The summed E-state index contributed by atoms with van der Waals surface area (Å²) in [5, 5.41) is 18.7. The lowest BCUT2D eigenvalue weighted by Gasteiger charge is -2.24. The van der Waals surface area contributed by atoms with E-state index in [9.17, 15) is 24.6 Å². The van der Waals surface area contributed by atoms with Gasteiger partial charge < -0.3 is 15.1 Å². The number of hydrogen-bond donors (Lipinski definition) is 2. The van der Waals surface area contributed by atoms with Crippen molar-refractivity contribution in [3.05, 3.63) is 24.3 Å². The molecule has 0 spiro atoms. The molecule has 0 bridgehead atoms. The first-order chi connectivity index (χ1) is 10.4. The van der Waals surface area contributed by atoms with Crippen LogP contribution in [-0.4, -0.2) is 43.7 Å². The number of nitrogens with zero attached hydrogens (tertiary/aromatic N) is 2. The molecule has 8 nitrogen and oxygen atoms in total. The minimum absolute atomic E-state index is 0.0768. The second kappa shape index (κ2) is 6.33. The predicted octanol–water partition coefficient (Wildman–Crippen LogP) is 0.338. The minimum atomic E-state index is -0.702. The summed E-state index contributed by atoms with van der Waals surface area (Å²) in [5.74, 6) is -2.32. The van der Waals surface area contributed by atoms with E-state index >= 15 is 0 Å². The van der Waals surface area contributed by atoms with E-state index in [-0.39, 0.29) is 12.8 Å². The van der Waals surface area contributed by atoms with Crippen LogP contribution < -0.4 is 4.84 Å². The predicted molar refractivity (Wildman–Crippen MR) is 73.7 cm³/mol. The molecule has 1 unspecified atom stereocenters. The number of aromatic hydroxyl groups is 2. The molecule has 0 aromatic carbocycles. The largest absolute Gasteiger partial charge is 0.492 e. The summed E-state index contributed by atoms with van der Waals surface area (Å²) in [6, 6.07) is 1.93. The number of carbonyl (C=O) groups is 3. The molecule has 2 amide bonds. The van der Waals surface area contributed by atoms with Crippen molar-refractivity contribution in [2.75, 3.05) is 0 Å². The highest BCUT2D eigenvalue weighted by Crippen LogP contribution is 2.20. The lowest BCUT2D eigenvalue weighted by atomic mass is 10.1. The van der Waals surface area contributed by atoms with Gasteiger partial charge in [-0.3, -0.25) is 14.5 Å². The zero-order valence-corrected chi connectivity index (χ0v) is 11.9. The van der Waals surface area contributed by atoms with Crippen molar-refractivity contribution in [1.82, 2.24) is 9.63 Å². The van der Waals surface area contributed by atoms with Crippen LogP contribution in [0.1, 0.15) is 26.2 Å². The standard InChI is InChI=1S/C14H16N2O6/c1-2-9(15-10(17)4-5-11(15)18)3-8-14(21)22-16-12(19)6-7-13(16)20/h4-7,9,19-20H,2-3,8H2,1H3. The summed E-state index contributed by atoms with van der Waals surface area (Å²) in [4.78, 5) is 40.9. The van der Waals surface area contributed by atoms with Crippen molar-refractivity contribution < 1.29 is 29.4 Å². The van der Waals surface area contributed by atoms with Gasteiger partial charge in [-0.05, 0) is 12.8 Å². The Balaban J connectivity index is 1.92. The molecule has 0 saturated carbocycles. The van der Waals surface area contributed by atoms with E-state index in [1.54, 1.807) is 6.92 Å². The molecule has 0 aliphatic carbocycles. The van der Waals surface area contributed by atoms with E-state index in [1.165, 1.54) is 24.3 Å². The molecule has 0 radical (unpaired) electrons. The third-order valence-electron chi connectivity index (χ3n) is 3.35. The van der Waals surface area contributed by atoms with Crippen LogP contribution in [0.5, 0.6) is 11.8 Å². The van der Waals surface area contributed by atoms with Crippen molar-refractivity contribution in [3.8, 4) is 11.8 Å². The molecule has 2 N–H and O–H groups in total. The fourth-order valence-electron chi connectivity index (χ4n) is 2.21. The van der Waals surface area contributed by atoms with Gasteiger partial charge in [-0.2, -0.15) is 0 Å². The van der Waals surface area contributed by atoms with E-state index in [1.807, 2.05) is 0 Å². The maximum Gasteiger partial charge on any atom is 0.333 e. The van der Waals surface area contributed by atoms with Gasteiger partial charge in [0.25, 0.3) is 11.8 Å². The molecule has 1 aromatic heterocycles. The lowest BCUT2D eigenvalue weighted by molar-refractivity contribution is -0.147. The third kappa shape index (κ3) is 3.11. The Kier molecular flexibility index (Phi) is 4.50. The maximum atomic E-state index is 11.7. The number of carbonyl (C=O) groups excluding carboxylic acids is 3. The van der Waals surface area contributed by atoms with Crippen LogP contribution in [0.2, 0.25) is 0 Å². The van der Waals surface area contributed by atoms with E-state index in [2.05, 4.69) is 0 Å². The van der Waals surface area contributed by atoms with Gasteiger partial charge in [-0.15, -0.1) is 4.73 Å². The van der Waals surface area contributed by atoms with Crippen molar-refractivity contribution in [2.45, 2.75) is 32.2 Å². The van der Waals surface area contributed by atoms with Crippen LogP contribution >= 0.6 is 0 Å². The second-order valence-electron chi connectivity index (χ2n) is 4.79. The molecular weight excluding hydrogens is 292 g/mol.